The molecule has 1 aliphatic carbocycles. The molecule has 94 valence electrons. The zero-order valence-electron chi connectivity index (χ0n) is 10.4. The normalized spacial score (nSPS) is 16.1. The Kier molecular flexibility index (Phi) is 4.05. The molecule has 17 heavy (non-hydrogen) atoms. The lowest BCUT2D eigenvalue weighted by Gasteiger charge is -2.14. The molecule has 0 amide bonds. The molecule has 0 heterocycles. The topological polar surface area (TPSA) is 44.5 Å². The Hall–Kier alpha value is -1.03. The summed E-state index contributed by atoms with van der Waals surface area (Å²) < 4.78 is 10.5. The van der Waals surface area contributed by atoms with E-state index in [1.54, 1.807) is 14.2 Å². The van der Waals surface area contributed by atoms with Crippen molar-refractivity contribution in [3.8, 4) is 11.5 Å². The number of nitrogen functional groups attached to an aromatic ring is 1. The lowest BCUT2D eigenvalue weighted by atomic mass is 10.3. The number of hydrogen-bond acceptors (Lipinski definition) is 4. The van der Waals surface area contributed by atoms with Crippen molar-refractivity contribution in [2.75, 3.05) is 20.0 Å². The van der Waals surface area contributed by atoms with Crippen molar-refractivity contribution in [1.82, 2.24) is 0 Å². The zero-order chi connectivity index (χ0) is 12.3. The molecule has 1 saturated carbocycles. The second-order valence-electron chi connectivity index (χ2n) is 4.27. The molecule has 2 rings (SSSR count). The first-order valence-electron chi connectivity index (χ1n) is 5.92. The minimum Gasteiger partial charge on any atom is -0.493 e. The van der Waals surface area contributed by atoms with Crippen LogP contribution in [0.5, 0.6) is 11.5 Å². The van der Waals surface area contributed by atoms with Gasteiger partial charge in [-0.3, -0.25) is 0 Å². The van der Waals surface area contributed by atoms with E-state index >= 15 is 0 Å². The Morgan fingerprint density at radius 1 is 1.12 bits per heavy atom. The van der Waals surface area contributed by atoms with Gasteiger partial charge in [-0.25, -0.2) is 0 Å². The molecule has 0 aromatic heterocycles. The molecule has 3 nitrogen and oxygen atoms in total. The molecule has 2 N–H and O–H groups in total. The lowest BCUT2D eigenvalue weighted by Crippen LogP contribution is -1.99. The van der Waals surface area contributed by atoms with Crippen molar-refractivity contribution in [3.05, 3.63) is 12.1 Å². The van der Waals surface area contributed by atoms with Crippen molar-refractivity contribution in [2.24, 2.45) is 0 Å². The highest BCUT2D eigenvalue weighted by molar-refractivity contribution is 8.00. The second kappa shape index (κ2) is 5.54. The van der Waals surface area contributed by atoms with Gasteiger partial charge in [0.25, 0.3) is 0 Å². The van der Waals surface area contributed by atoms with E-state index in [1.165, 1.54) is 25.7 Å². The molecule has 0 bridgehead atoms. The predicted molar refractivity (Wildman–Crippen MR) is 72.1 cm³/mol. The van der Waals surface area contributed by atoms with Crippen LogP contribution in [-0.2, 0) is 0 Å². The molecule has 0 radical (unpaired) electrons. The summed E-state index contributed by atoms with van der Waals surface area (Å²) in [6, 6.07) is 3.83. The summed E-state index contributed by atoms with van der Waals surface area (Å²) in [4.78, 5) is 1.11. The molecule has 0 spiro atoms. The highest BCUT2D eigenvalue weighted by Crippen LogP contribution is 2.41. The third kappa shape index (κ3) is 2.80. The molecular formula is C13H19NO2S. The van der Waals surface area contributed by atoms with Crippen LogP contribution in [0.4, 0.5) is 5.69 Å². The van der Waals surface area contributed by atoms with Crippen LogP contribution in [0.2, 0.25) is 0 Å². The van der Waals surface area contributed by atoms with Crippen LogP contribution in [-0.4, -0.2) is 19.5 Å². The standard InChI is InChI=1S/C13H19NO2S/c1-15-11-7-10(14)13(8-12(11)16-2)17-9-5-3-4-6-9/h7-9H,3-6,14H2,1-2H3. The van der Waals surface area contributed by atoms with Crippen molar-refractivity contribution in [1.29, 1.82) is 0 Å². The van der Waals surface area contributed by atoms with Gasteiger partial charge in [-0.2, -0.15) is 0 Å². The molecule has 0 unspecified atom stereocenters. The van der Waals surface area contributed by atoms with Gasteiger partial charge in [-0.15, -0.1) is 11.8 Å². The quantitative estimate of drug-likeness (QED) is 0.836. The molecule has 1 aromatic rings. The Morgan fingerprint density at radius 2 is 1.71 bits per heavy atom. The number of thioether (sulfide) groups is 1. The zero-order valence-corrected chi connectivity index (χ0v) is 11.2. The van der Waals surface area contributed by atoms with Crippen LogP contribution in [0.25, 0.3) is 0 Å². The summed E-state index contributed by atoms with van der Waals surface area (Å²) in [5, 5.41) is 0.704. The van der Waals surface area contributed by atoms with E-state index in [4.69, 9.17) is 15.2 Å². The van der Waals surface area contributed by atoms with E-state index in [9.17, 15) is 0 Å². The van der Waals surface area contributed by atoms with E-state index in [0.717, 1.165) is 16.3 Å². The fourth-order valence-electron chi connectivity index (χ4n) is 2.16. The summed E-state index contributed by atoms with van der Waals surface area (Å²) in [5.41, 5.74) is 6.82. The van der Waals surface area contributed by atoms with Crippen LogP contribution in [0.15, 0.2) is 17.0 Å². The van der Waals surface area contributed by atoms with E-state index in [1.807, 2.05) is 23.9 Å². The average Bonchev–Trinajstić information content (AvgIpc) is 2.84. The van der Waals surface area contributed by atoms with Gasteiger partial charge in [0.1, 0.15) is 0 Å². The number of methoxy groups -OCH3 is 2. The van der Waals surface area contributed by atoms with E-state index in [2.05, 4.69) is 0 Å². The minimum absolute atomic E-state index is 0.695. The summed E-state index contributed by atoms with van der Waals surface area (Å²) >= 11 is 1.87. The average molecular weight is 253 g/mol. The lowest BCUT2D eigenvalue weighted by molar-refractivity contribution is 0.354. The fraction of sp³-hybridized carbons (Fsp3) is 0.538. The van der Waals surface area contributed by atoms with Gasteiger partial charge in [-0.05, 0) is 18.9 Å². The van der Waals surface area contributed by atoms with Gasteiger partial charge in [0.05, 0.1) is 14.2 Å². The first-order chi connectivity index (χ1) is 8.24. The fourth-order valence-corrected chi connectivity index (χ4v) is 3.46. The van der Waals surface area contributed by atoms with Crippen molar-refractivity contribution in [2.45, 2.75) is 35.8 Å². The van der Waals surface area contributed by atoms with Crippen molar-refractivity contribution < 1.29 is 9.47 Å². The molecule has 1 fully saturated rings. The van der Waals surface area contributed by atoms with Crippen molar-refractivity contribution in [3.63, 3.8) is 0 Å². The van der Waals surface area contributed by atoms with Crippen molar-refractivity contribution >= 4 is 17.4 Å². The number of benzene rings is 1. The number of anilines is 1. The summed E-state index contributed by atoms with van der Waals surface area (Å²) in [5.74, 6) is 1.45. The van der Waals surface area contributed by atoms with E-state index in [-0.39, 0.29) is 0 Å². The summed E-state index contributed by atoms with van der Waals surface area (Å²) in [7, 11) is 3.28. The van der Waals surface area contributed by atoms with Crippen LogP contribution in [0.3, 0.4) is 0 Å². The van der Waals surface area contributed by atoms with Crippen LogP contribution in [0.1, 0.15) is 25.7 Å². The second-order valence-corrected chi connectivity index (χ2v) is 5.61. The van der Waals surface area contributed by atoms with E-state index in [0.29, 0.717) is 11.0 Å². The molecule has 0 saturated heterocycles. The largest absolute Gasteiger partial charge is 0.493 e. The maximum Gasteiger partial charge on any atom is 0.162 e. The number of ether oxygens (including phenoxy) is 2. The van der Waals surface area contributed by atoms with Gasteiger partial charge in [-0.1, -0.05) is 12.8 Å². The Labute approximate surface area is 107 Å². The third-order valence-electron chi connectivity index (χ3n) is 3.11. The van der Waals surface area contributed by atoms with Crippen LogP contribution >= 0.6 is 11.8 Å². The monoisotopic (exact) mass is 253 g/mol. The summed E-state index contributed by atoms with van der Waals surface area (Å²) in [6.07, 6.45) is 5.26. The van der Waals surface area contributed by atoms with Crippen LogP contribution in [0, 0.1) is 0 Å². The Bertz CT molecular complexity index is 389. The third-order valence-corrected chi connectivity index (χ3v) is 4.52. The number of hydrogen-bond donors (Lipinski definition) is 1. The van der Waals surface area contributed by atoms with Gasteiger partial charge in [0, 0.05) is 21.9 Å². The van der Waals surface area contributed by atoms with Gasteiger partial charge in [0.15, 0.2) is 11.5 Å². The van der Waals surface area contributed by atoms with Gasteiger partial charge >= 0.3 is 0 Å². The molecule has 4 heteroatoms. The molecule has 0 atom stereocenters. The molecule has 0 aliphatic heterocycles. The first kappa shape index (κ1) is 12.4. The number of nitrogens with two attached hydrogens (primary N) is 1. The Morgan fingerprint density at radius 3 is 2.29 bits per heavy atom. The molecule has 1 aliphatic rings. The highest BCUT2D eigenvalue weighted by atomic mass is 32.2. The minimum atomic E-state index is 0.695. The highest BCUT2D eigenvalue weighted by Gasteiger charge is 2.18. The van der Waals surface area contributed by atoms with Crippen LogP contribution < -0.4 is 15.2 Å². The maximum absolute atomic E-state index is 6.04. The van der Waals surface area contributed by atoms with Gasteiger partial charge < -0.3 is 15.2 Å². The maximum atomic E-state index is 6.04. The SMILES string of the molecule is COc1cc(N)c(SC2CCCC2)cc1OC. The molecule has 1 aromatic carbocycles. The smallest absolute Gasteiger partial charge is 0.162 e. The summed E-state index contributed by atoms with van der Waals surface area (Å²) in [6.45, 7) is 0. The molecular weight excluding hydrogens is 234 g/mol. The van der Waals surface area contributed by atoms with Gasteiger partial charge in [0.2, 0.25) is 0 Å². The number of rotatable bonds is 4. The predicted octanol–water partition coefficient (Wildman–Crippen LogP) is 3.32. The Balaban J connectivity index is 2.20. The van der Waals surface area contributed by atoms with E-state index < -0.39 is 0 Å². The first-order valence-corrected chi connectivity index (χ1v) is 6.80.